The van der Waals surface area contributed by atoms with E-state index < -0.39 is 38.1 Å². The third kappa shape index (κ3) is 4.78. The van der Waals surface area contributed by atoms with Crippen LogP contribution in [0.3, 0.4) is 0 Å². The number of alkyl halides is 6. The molecule has 14 heteroatoms. The van der Waals surface area contributed by atoms with E-state index in [-0.39, 0.29) is 35.8 Å². The highest BCUT2D eigenvalue weighted by Gasteiger charge is 2.49. The van der Waals surface area contributed by atoms with Gasteiger partial charge in [0.15, 0.2) is 0 Å². The maximum Gasteiger partial charge on any atom is 0.505 e. The van der Waals surface area contributed by atoms with E-state index >= 15 is 0 Å². The molecule has 1 aromatic heterocycles. The molecule has 1 amide bonds. The fourth-order valence-corrected chi connectivity index (χ4v) is 3.92. The van der Waals surface area contributed by atoms with Gasteiger partial charge in [-0.05, 0) is 54.4 Å². The van der Waals surface area contributed by atoms with Gasteiger partial charge in [0.1, 0.15) is 17.3 Å². The zero-order valence-corrected chi connectivity index (χ0v) is 18.1. The van der Waals surface area contributed by atoms with Crippen molar-refractivity contribution >= 4 is 21.6 Å². The molecule has 0 saturated carbocycles. The van der Waals surface area contributed by atoms with Gasteiger partial charge in [0.25, 0.3) is 11.1 Å². The van der Waals surface area contributed by atoms with Gasteiger partial charge in [-0.25, -0.2) is 18.4 Å². The van der Waals surface area contributed by atoms with Crippen molar-refractivity contribution in [3.05, 3.63) is 71.4 Å². The molecule has 0 bridgehead atoms. The summed E-state index contributed by atoms with van der Waals surface area (Å²) in [4.78, 5) is 20.7. The first-order valence-electron chi connectivity index (χ1n) is 9.72. The molecule has 0 unspecified atom stereocenters. The molecule has 0 N–H and O–H groups in total. The number of hydrogen-bond acceptors (Lipinski definition) is 6. The predicted octanol–water partition coefficient (Wildman–Crippen LogP) is 4.78. The van der Waals surface area contributed by atoms with E-state index in [1.165, 1.54) is 12.1 Å². The Morgan fingerprint density at radius 1 is 0.914 bits per heavy atom. The van der Waals surface area contributed by atoms with E-state index in [2.05, 4.69) is 9.97 Å². The van der Waals surface area contributed by atoms with Gasteiger partial charge in [0.2, 0.25) is 0 Å². The van der Waals surface area contributed by atoms with Crippen LogP contribution in [0.25, 0.3) is 0 Å². The third-order valence-corrected chi connectivity index (χ3v) is 6.31. The monoisotopic (exact) mass is 517 g/mol. The minimum atomic E-state index is -5.82. The number of amides is 1. The van der Waals surface area contributed by atoms with Crippen molar-refractivity contribution in [2.75, 3.05) is 11.4 Å². The number of aromatic nitrogens is 2. The van der Waals surface area contributed by atoms with Crippen LogP contribution in [0.1, 0.15) is 21.5 Å². The van der Waals surface area contributed by atoms with Crippen LogP contribution in [0.4, 0.5) is 32.2 Å². The number of carbonyl (C=O) groups is 1. The van der Waals surface area contributed by atoms with Crippen LogP contribution in [-0.4, -0.2) is 36.3 Å². The molecule has 0 atom stereocenters. The smallest absolute Gasteiger partial charge is 0.457 e. The van der Waals surface area contributed by atoms with Crippen molar-refractivity contribution in [1.29, 1.82) is 0 Å². The Morgan fingerprint density at radius 2 is 1.57 bits per heavy atom. The van der Waals surface area contributed by atoms with Crippen molar-refractivity contribution in [1.82, 2.24) is 9.97 Å². The largest absolute Gasteiger partial charge is 0.505 e. The molecule has 0 saturated heterocycles. The minimum Gasteiger partial charge on any atom is -0.457 e. The Bertz CT molecular complexity index is 1390. The molecular weight excluding hydrogens is 504 g/mol. The summed E-state index contributed by atoms with van der Waals surface area (Å²) in [6.07, 6.45) is -3.44. The zero-order valence-electron chi connectivity index (χ0n) is 17.3. The Morgan fingerprint density at radius 3 is 2.20 bits per heavy atom. The lowest BCUT2D eigenvalue weighted by Crippen LogP contribution is -2.38. The maximum atomic E-state index is 13.0. The molecule has 3 aromatic rings. The van der Waals surface area contributed by atoms with E-state index in [1.54, 1.807) is 6.07 Å². The van der Waals surface area contributed by atoms with Crippen LogP contribution in [0, 0.1) is 0 Å². The Hall–Kier alpha value is -3.68. The van der Waals surface area contributed by atoms with Gasteiger partial charge >= 0.3 is 21.5 Å². The van der Waals surface area contributed by atoms with Crippen LogP contribution in [0.15, 0.2) is 59.9 Å². The second-order valence-corrected chi connectivity index (χ2v) is 9.13. The summed E-state index contributed by atoms with van der Waals surface area (Å²) >= 11 is 0. The number of benzene rings is 2. The van der Waals surface area contributed by atoms with E-state index in [0.717, 1.165) is 41.4 Å². The first-order valence-corrected chi connectivity index (χ1v) is 11.2. The highest BCUT2D eigenvalue weighted by Crippen LogP contribution is 2.33. The van der Waals surface area contributed by atoms with Crippen LogP contribution in [0.5, 0.6) is 11.5 Å². The third-order valence-electron chi connectivity index (χ3n) is 5.02. The molecule has 1 aliphatic heterocycles. The fraction of sp³-hybridized carbons (Fsp3) is 0.190. The lowest BCUT2D eigenvalue weighted by molar-refractivity contribution is -0.137. The standard InChI is InChI=1S/C21H13F6N3O4S/c22-20(23,24)13-2-5-14(6-3-13)34-15-4-1-12-8-10-30(18(31)16(12)11-15)17-7-9-28-19(29-17)35(32,33)21(25,26)27/h1-7,9,11H,8,10H2. The first kappa shape index (κ1) is 24.4. The van der Waals surface area contributed by atoms with E-state index in [0.29, 0.717) is 5.56 Å². The van der Waals surface area contributed by atoms with Crippen LogP contribution in [0.2, 0.25) is 0 Å². The van der Waals surface area contributed by atoms with E-state index in [4.69, 9.17) is 4.74 Å². The average molecular weight is 517 g/mol. The summed E-state index contributed by atoms with van der Waals surface area (Å²) in [6, 6.07) is 9.41. The minimum absolute atomic E-state index is 0.00740. The zero-order chi connectivity index (χ0) is 25.6. The highest BCUT2D eigenvalue weighted by atomic mass is 32.2. The van der Waals surface area contributed by atoms with Crippen LogP contribution in [-0.2, 0) is 22.4 Å². The number of sulfone groups is 1. The summed E-state index contributed by atoms with van der Waals surface area (Å²) < 4.78 is 106. The number of carbonyl (C=O) groups excluding carboxylic acids is 1. The van der Waals surface area contributed by atoms with Crippen molar-refractivity contribution in [3.63, 3.8) is 0 Å². The Labute approximate surface area is 193 Å². The van der Waals surface area contributed by atoms with Crippen molar-refractivity contribution in [3.8, 4) is 11.5 Å². The molecule has 0 aliphatic carbocycles. The second kappa shape index (κ2) is 8.52. The number of halogens is 6. The lowest BCUT2D eigenvalue weighted by Gasteiger charge is -2.28. The van der Waals surface area contributed by atoms with Gasteiger partial charge in [-0.15, -0.1) is 0 Å². The highest BCUT2D eigenvalue weighted by molar-refractivity contribution is 7.92. The topological polar surface area (TPSA) is 89.5 Å². The molecule has 1 aliphatic rings. The molecule has 0 radical (unpaired) electrons. The normalized spacial score (nSPS) is 14.6. The SMILES string of the molecule is O=C1c2cc(Oc3ccc(C(F)(F)F)cc3)ccc2CCN1c1ccnc(S(=O)(=O)C(F)(F)F)n1. The van der Waals surface area contributed by atoms with Crippen LogP contribution < -0.4 is 9.64 Å². The number of hydrogen-bond donors (Lipinski definition) is 0. The first-order chi connectivity index (χ1) is 16.3. The number of fused-ring (bicyclic) bond motifs is 1. The molecule has 2 aromatic carbocycles. The molecule has 4 rings (SSSR count). The Kier molecular flexibility index (Phi) is 5.95. The summed E-state index contributed by atoms with van der Waals surface area (Å²) in [6.45, 7) is 0.00740. The van der Waals surface area contributed by atoms with Gasteiger partial charge in [-0.1, -0.05) is 6.07 Å². The van der Waals surface area contributed by atoms with Gasteiger partial charge in [0, 0.05) is 18.3 Å². The van der Waals surface area contributed by atoms with Gasteiger partial charge in [-0.2, -0.15) is 26.3 Å². The number of ether oxygens (including phenoxy) is 1. The maximum absolute atomic E-state index is 13.0. The molecule has 0 spiro atoms. The van der Waals surface area contributed by atoms with Gasteiger partial charge in [0.05, 0.1) is 5.56 Å². The molecule has 184 valence electrons. The summed E-state index contributed by atoms with van der Waals surface area (Å²) in [5, 5.41) is -1.49. The van der Waals surface area contributed by atoms with Gasteiger partial charge < -0.3 is 4.74 Å². The van der Waals surface area contributed by atoms with Crippen LogP contribution >= 0.6 is 0 Å². The van der Waals surface area contributed by atoms with Gasteiger partial charge in [-0.3, -0.25) is 9.69 Å². The molecule has 2 heterocycles. The summed E-state index contributed by atoms with van der Waals surface area (Å²) in [5.41, 5.74) is -5.78. The average Bonchev–Trinajstić information content (AvgIpc) is 2.79. The second-order valence-electron chi connectivity index (χ2n) is 7.30. The predicted molar refractivity (Wildman–Crippen MR) is 109 cm³/mol. The lowest BCUT2D eigenvalue weighted by atomic mass is 9.98. The van der Waals surface area contributed by atoms with Crippen molar-refractivity contribution in [2.45, 2.75) is 23.3 Å². The Balaban J connectivity index is 1.60. The molecule has 0 fully saturated rings. The quantitative estimate of drug-likeness (QED) is 0.366. The van der Waals surface area contributed by atoms with Crippen molar-refractivity contribution < 1.29 is 44.3 Å². The summed E-state index contributed by atoms with van der Waals surface area (Å²) in [5.74, 6) is -0.816. The number of nitrogens with zero attached hydrogens (tertiary/aromatic N) is 3. The summed E-state index contributed by atoms with van der Waals surface area (Å²) in [7, 11) is -5.82. The van der Waals surface area contributed by atoms with E-state index in [9.17, 15) is 39.6 Å². The molecule has 35 heavy (non-hydrogen) atoms. The molecule has 7 nitrogen and oxygen atoms in total. The van der Waals surface area contributed by atoms with E-state index in [1.807, 2.05) is 0 Å². The number of anilines is 1. The fourth-order valence-electron chi connectivity index (χ4n) is 3.30. The number of rotatable bonds is 4. The molecular formula is C21H13F6N3O4S. The van der Waals surface area contributed by atoms with Crippen molar-refractivity contribution in [2.24, 2.45) is 0 Å².